The summed E-state index contributed by atoms with van der Waals surface area (Å²) in [5, 5.41) is 3.21. The molecule has 0 saturated carbocycles. The Kier molecular flexibility index (Phi) is 2.81. The highest BCUT2D eigenvalue weighted by Gasteiger charge is 2.08. The molecule has 0 atom stereocenters. The van der Waals surface area contributed by atoms with E-state index in [4.69, 9.17) is 5.73 Å². The molecule has 0 unspecified atom stereocenters. The lowest BCUT2D eigenvalue weighted by Crippen LogP contribution is -1.98. The number of aromatic nitrogens is 3. The molecule has 0 bridgehead atoms. The lowest BCUT2D eigenvalue weighted by Gasteiger charge is -2.08. The van der Waals surface area contributed by atoms with E-state index >= 15 is 0 Å². The zero-order valence-corrected chi connectivity index (χ0v) is 13.2. The Bertz CT molecular complexity index is 975. The molecule has 0 aliphatic carbocycles. The summed E-state index contributed by atoms with van der Waals surface area (Å²) in [5.41, 5.74) is 8.03. The second-order valence-electron chi connectivity index (χ2n) is 4.84. The maximum absolute atomic E-state index is 6.20. The fourth-order valence-corrected chi connectivity index (χ4v) is 2.98. The van der Waals surface area contributed by atoms with Crippen molar-refractivity contribution >= 4 is 50.0 Å². The highest BCUT2D eigenvalue weighted by Crippen LogP contribution is 2.28. The largest absolute Gasteiger partial charge is 0.397 e. The first-order valence-electron chi connectivity index (χ1n) is 6.49. The van der Waals surface area contributed by atoms with E-state index in [1.54, 1.807) is 6.20 Å². The standard InChI is InChI=1S/C16H11IN4/c17-13-2-1-11-8-20-15(7-12(11)16(13)18)21-6-4-10-3-5-19-9-14(10)21/h1-9H,18H2. The van der Waals surface area contributed by atoms with Gasteiger partial charge in [-0.25, -0.2) is 4.98 Å². The van der Waals surface area contributed by atoms with Gasteiger partial charge in [0.1, 0.15) is 5.82 Å². The number of nitrogens with two attached hydrogens (primary N) is 1. The molecular weight excluding hydrogens is 375 g/mol. The van der Waals surface area contributed by atoms with Gasteiger partial charge in [-0.15, -0.1) is 0 Å². The van der Waals surface area contributed by atoms with Gasteiger partial charge in [0, 0.05) is 38.3 Å². The minimum absolute atomic E-state index is 0.798. The van der Waals surface area contributed by atoms with Crippen molar-refractivity contribution in [3.05, 3.63) is 58.7 Å². The van der Waals surface area contributed by atoms with Crippen LogP contribution in [0, 0.1) is 3.57 Å². The molecule has 0 aliphatic rings. The second-order valence-corrected chi connectivity index (χ2v) is 6.01. The molecule has 2 N–H and O–H groups in total. The molecular formula is C16H11IN4. The van der Waals surface area contributed by atoms with E-state index in [1.807, 2.05) is 47.4 Å². The predicted molar refractivity (Wildman–Crippen MR) is 93.5 cm³/mol. The van der Waals surface area contributed by atoms with E-state index in [2.05, 4.69) is 38.6 Å². The predicted octanol–water partition coefficient (Wildman–Crippen LogP) is 3.76. The number of pyridine rings is 2. The molecule has 3 heterocycles. The third kappa shape index (κ3) is 1.96. The molecule has 4 nitrogen and oxygen atoms in total. The van der Waals surface area contributed by atoms with E-state index in [0.717, 1.165) is 36.8 Å². The monoisotopic (exact) mass is 386 g/mol. The van der Waals surface area contributed by atoms with E-state index in [9.17, 15) is 0 Å². The molecule has 0 saturated heterocycles. The smallest absolute Gasteiger partial charge is 0.137 e. The number of halogens is 1. The van der Waals surface area contributed by atoms with Crippen LogP contribution in [0.4, 0.5) is 5.69 Å². The van der Waals surface area contributed by atoms with E-state index < -0.39 is 0 Å². The van der Waals surface area contributed by atoms with E-state index in [0.29, 0.717) is 0 Å². The molecule has 0 fully saturated rings. The van der Waals surface area contributed by atoms with Crippen molar-refractivity contribution in [3.63, 3.8) is 0 Å². The summed E-state index contributed by atoms with van der Waals surface area (Å²) in [6.45, 7) is 0. The van der Waals surface area contributed by atoms with Gasteiger partial charge < -0.3 is 5.73 Å². The van der Waals surface area contributed by atoms with Crippen molar-refractivity contribution in [2.75, 3.05) is 5.73 Å². The van der Waals surface area contributed by atoms with Crippen molar-refractivity contribution in [1.29, 1.82) is 0 Å². The molecule has 0 amide bonds. The van der Waals surface area contributed by atoms with Crippen LogP contribution < -0.4 is 5.73 Å². The van der Waals surface area contributed by atoms with Crippen molar-refractivity contribution in [2.24, 2.45) is 0 Å². The number of anilines is 1. The van der Waals surface area contributed by atoms with Crippen LogP contribution in [0.3, 0.4) is 0 Å². The maximum Gasteiger partial charge on any atom is 0.137 e. The van der Waals surface area contributed by atoms with Crippen LogP contribution in [0.15, 0.2) is 55.1 Å². The van der Waals surface area contributed by atoms with Crippen molar-refractivity contribution in [3.8, 4) is 5.82 Å². The molecule has 102 valence electrons. The second kappa shape index (κ2) is 4.70. The number of nitrogens with zero attached hydrogens (tertiary/aromatic N) is 3. The summed E-state index contributed by atoms with van der Waals surface area (Å²) in [6, 6.07) is 10.1. The summed E-state index contributed by atoms with van der Waals surface area (Å²) in [7, 11) is 0. The molecule has 0 radical (unpaired) electrons. The molecule has 0 spiro atoms. The quantitative estimate of drug-likeness (QED) is 0.400. The van der Waals surface area contributed by atoms with Crippen molar-refractivity contribution in [1.82, 2.24) is 14.5 Å². The average Bonchev–Trinajstić information content (AvgIpc) is 2.95. The van der Waals surface area contributed by atoms with E-state index in [-0.39, 0.29) is 0 Å². The molecule has 5 heteroatoms. The molecule has 3 aromatic heterocycles. The Morgan fingerprint density at radius 2 is 1.95 bits per heavy atom. The van der Waals surface area contributed by atoms with Gasteiger partial charge in [0.25, 0.3) is 0 Å². The Labute approximate surface area is 134 Å². The minimum Gasteiger partial charge on any atom is -0.397 e. The first kappa shape index (κ1) is 12.6. The molecule has 1 aromatic carbocycles. The Hall–Kier alpha value is -2.15. The maximum atomic E-state index is 6.20. The number of fused-ring (bicyclic) bond motifs is 2. The van der Waals surface area contributed by atoms with Gasteiger partial charge in [-0.2, -0.15) is 0 Å². The van der Waals surface area contributed by atoms with Gasteiger partial charge in [0.2, 0.25) is 0 Å². The van der Waals surface area contributed by atoms with Crippen LogP contribution in [0.1, 0.15) is 0 Å². The zero-order valence-electron chi connectivity index (χ0n) is 11.0. The van der Waals surface area contributed by atoms with Crippen LogP contribution in [0.5, 0.6) is 0 Å². The van der Waals surface area contributed by atoms with Crippen molar-refractivity contribution in [2.45, 2.75) is 0 Å². The lowest BCUT2D eigenvalue weighted by atomic mass is 10.1. The molecule has 21 heavy (non-hydrogen) atoms. The SMILES string of the molecule is Nc1c(I)ccc2cnc(-n3ccc4ccncc43)cc12. The average molecular weight is 386 g/mol. The van der Waals surface area contributed by atoms with Gasteiger partial charge >= 0.3 is 0 Å². The number of rotatable bonds is 1. The van der Waals surface area contributed by atoms with E-state index in [1.165, 1.54) is 0 Å². The van der Waals surface area contributed by atoms with Gasteiger partial charge in [-0.3, -0.25) is 9.55 Å². The highest BCUT2D eigenvalue weighted by atomic mass is 127. The zero-order chi connectivity index (χ0) is 14.4. The Balaban J connectivity index is 2.00. The lowest BCUT2D eigenvalue weighted by molar-refractivity contribution is 1.05. The first-order valence-corrected chi connectivity index (χ1v) is 7.57. The number of hydrogen-bond acceptors (Lipinski definition) is 3. The summed E-state index contributed by atoms with van der Waals surface area (Å²) in [4.78, 5) is 8.74. The van der Waals surface area contributed by atoms with Crippen LogP contribution >= 0.6 is 22.6 Å². The highest BCUT2D eigenvalue weighted by molar-refractivity contribution is 14.1. The van der Waals surface area contributed by atoms with Crippen LogP contribution in [-0.2, 0) is 0 Å². The van der Waals surface area contributed by atoms with Crippen LogP contribution in [-0.4, -0.2) is 14.5 Å². The van der Waals surface area contributed by atoms with Crippen LogP contribution in [0.2, 0.25) is 0 Å². The topological polar surface area (TPSA) is 56.7 Å². The number of benzene rings is 1. The number of hydrogen-bond donors (Lipinski definition) is 1. The van der Waals surface area contributed by atoms with Gasteiger partial charge in [0.15, 0.2) is 0 Å². The van der Waals surface area contributed by atoms with Gasteiger partial charge in [-0.1, -0.05) is 6.07 Å². The van der Waals surface area contributed by atoms with Crippen LogP contribution in [0.25, 0.3) is 27.5 Å². The molecule has 4 aromatic rings. The van der Waals surface area contributed by atoms with Gasteiger partial charge in [0.05, 0.1) is 17.4 Å². The summed E-state index contributed by atoms with van der Waals surface area (Å²) < 4.78 is 3.08. The number of nitrogen functional groups attached to an aromatic ring is 1. The van der Waals surface area contributed by atoms with Gasteiger partial charge in [-0.05, 0) is 46.9 Å². The van der Waals surface area contributed by atoms with Crippen molar-refractivity contribution < 1.29 is 0 Å². The summed E-state index contributed by atoms with van der Waals surface area (Å²) >= 11 is 2.25. The Morgan fingerprint density at radius 1 is 1.05 bits per heavy atom. The molecule has 4 rings (SSSR count). The molecule has 0 aliphatic heterocycles. The summed E-state index contributed by atoms with van der Waals surface area (Å²) in [6.07, 6.45) is 7.50. The normalized spacial score (nSPS) is 11.3. The fraction of sp³-hybridized carbons (Fsp3) is 0. The first-order chi connectivity index (χ1) is 10.2. The third-order valence-electron chi connectivity index (χ3n) is 3.62. The third-order valence-corrected chi connectivity index (χ3v) is 4.56. The fourth-order valence-electron chi connectivity index (χ4n) is 2.51. The summed E-state index contributed by atoms with van der Waals surface area (Å²) in [5.74, 6) is 0.846. The Morgan fingerprint density at radius 3 is 2.86 bits per heavy atom. The minimum atomic E-state index is 0.798.